The second kappa shape index (κ2) is 10.8. The lowest BCUT2D eigenvalue weighted by molar-refractivity contribution is 0.276. The minimum Gasteiger partial charge on any atom is -0.390 e. The van der Waals surface area contributed by atoms with Crippen molar-refractivity contribution in [2.24, 2.45) is 14.1 Å². The number of halogens is 3. The van der Waals surface area contributed by atoms with E-state index < -0.39 is 6.67 Å². The van der Waals surface area contributed by atoms with E-state index in [1.165, 1.54) is 0 Å². The molecule has 0 fully saturated rings. The first-order chi connectivity index (χ1) is 18.3. The van der Waals surface area contributed by atoms with Crippen LogP contribution in [-0.2, 0) is 27.4 Å². The number of aryl methyl sites for hydroxylation is 2. The van der Waals surface area contributed by atoms with Crippen molar-refractivity contribution < 1.29 is 9.50 Å². The fourth-order valence-electron chi connectivity index (χ4n) is 4.02. The summed E-state index contributed by atoms with van der Waals surface area (Å²) in [6, 6.07) is 10.8. The van der Waals surface area contributed by atoms with Gasteiger partial charge in [-0.25, -0.2) is 14.4 Å². The standard InChI is InChI=1S/C13H10ClFN4.C13H11ClN4O/c1-19-7-9(12(5-15)18-19)8-4-11-10(16-6-8)2-3-13(14)17-11;1-18-6-9(12(7-19)17-18)8-4-11-10(15-5-8)2-3-13(14)16-11/h2-4,6-7H,5H2,1H3;2-6,19H,7H2,1H3. The number of hydrogen-bond donors (Lipinski definition) is 1. The summed E-state index contributed by atoms with van der Waals surface area (Å²) in [7, 11) is 3.57. The Morgan fingerprint density at radius 2 is 1.21 bits per heavy atom. The number of fused-ring (bicyclic) bond motifs is 2. The molecular formula is C26H21Cl2FN8O. The number of nitrogens with zero attached hydrogens (tertiary/aromatic N) is 8. The molecule has 6 heterocycles. The van der Waals surface area contributed by atoms with Crippen LogP contribution in [-0.4, -0.2) is 44.6 Å². The summed E-state index contributed by atoms with van der Waals surface area (Å²) in [5, 5.41) is 18.4. The zero-order chi connectivity index (χ0) is 26.8. The maximum Gasteiger partial charge on any atom is 0.134 e. The van der Waals surface area contributed by atoms with Gasteiger partial charge in [0.05, 0.1) is 34.4 Å². The highest BCUT2D eigenvalue weighted by Crippen LogP contribution is 2.27. The van der Waals surface area contributed by atoms with Crippen LogP contribution in [0.1, 0.15) is 11.4 Å². The van der Waals surface area contributed by atoms with Crippen molar-refractivity contribution in [1.29, 1.82) is 0 Å². The largest absolute Gasteiger partial charge is 0.390 e. The number of aliphatic hydroxyl groups is 1. The number of rotatable bonds is 4. The number of aromatic nitrogens is 8. The fourth-order valence-corrected chi connectivity index (χ4v) is 4.33. The fraction of sp³-hybridized carbons (Fsp3) is 0.154. The van der Waals surface area contributed by atoms with Crippen LogP contribution >= 0.6 is 23.2 Å². The Balaban J connectivity index is 0.000000155. The Bertz CT molecular complexity index is 1640. The lowest BCUT2D eigenvalue weighted by atomic mass is 10.1. The van der Waals surface area contributed by atoms with Gasteiger partial charge in [0, 0.05) is 61.1 Å². The summed E-state index contributed by atoms with van der Waals surface area (Å²) in [6.45, 7) is -0.728. The molecule has 1 N–H and O–H groups in total. The summed E-state index contributed by atoms with van der Waals surface area (Å²) in [4.78, 5) is 17.1. The van der Waals surface area contributed by atoms with E-state index in [1.807, 2.05) is 31.4 Å². The topological polar surface area (TPSA) is 107 Å². The lowest BCUT2D eigenvalue weighted by Crippen LogP contribution is -1.91. The van der Waals surface area contributed by atoms with Crippen LogP contribution in [0.2, 0.25) is 10.3 Å². The van der Waals surface area contributed by atoms with Gasteiger partial charge in [-0.3, -0.25) is 19.3 Å². The SMILES string of the molecule is Cn1cc(-c2cnc3ccc(Cl)nc3c2)c(CF)n1.Cn1cc(-c2cnc3ccc(Cl)nc3c2)c(CO)n1. The van der Waals surface area contributed by atoms with Crippen LogP contribution in [0, 0.1) is 0 Å². The Kier molecular flexibility index (Phi) is 7.28. The highest BCUT2D eigenvalue weighted by molar-refractivity contribution is 6.30. The first-order valence-electron chi connectivity index (χ1n) is 11.4. The lowest BCUT2D eigenvalue weighted by Gasteiger charge is -2.02. The van der Waals surface area contributed by atoms with E-state index >= 15 is 0 Å². The molecule has 0 saturated carbocycles. The zero-order valence-corrected chi connectivity index (χ0v) is 21.9. The van der Waals surface area contributed by atoms with Crippen LogP contribution in [0.4, 0.5) is 4.39 Å². The molecule has 6 rings (SSSR count). The third-order valence-electron chi connectivity index (χ3n) is 5.72. The molecule has 0 atom stereocenters. The van der Waals surface area contributed by atoms with Gasteiger partial charge in [0.1, 0.15) is 22.7 Å². The Labute approximate surface area is 226 Å². The molecule has 6 aromatic rings. The molecule has 192 valence electrons. The molecular weight excluding hydrogens is 530 g/mol. The number of hydrogen-bond acceptors (Lipinski definition) is 7. The molecule has 0 saturated heterocycles. The minimum absolute atomic E-state index is 0.114. The van der Waals surface area contributed by atoms with Gasteiger partial charge in [0.15, 0.2) is 0 Å². The highest BCUT2D eigenvalue weighted by Gasteiger charge is 2.12. The summed E-state index contributed by atoms with van der Waals surface area (Å²) in [5.74, 6) is 0. The van der Waals surface area contributed by atoms with Crippen molar-refractivity contribution in [3.63, 3.8) is 0 Å². The predicted molar refractivity (Wildman–Crippen MR) is 144 cm³/mol. The number of aliphatic hydroxyl groups excluding tert-OH is 1. The molecule has 38 heavy (non-hydrogen) atoms. The molecule has 9 nitrogen and oxygen atoms in total. The highest BCUT2D eigenvalue weighted by atomic mass is 35.5. The van der Waals surface area contributed by atoms with Gasteiger partial charge in [-0.15, -0.1) is 0 Å². The first kappa shape index (κ1) is 25.7. The van der Waals surface area contributed by atoms with Crippen LogP contribution < -0.4 is 0 Å². The summed E-state index contributed by atoms with van der Waals surface area (Å²) in [5.41, 5.74) is 7.15. The Morgan fingerprint density at radius 3 is 1.68 bits per heavy atom. The summed E-state index contributed by atoms with van der Waals surface area (Å²) >= 11 is 11.7. The van der Waals surface area contributed by atoms with Crippen molar-refractivity contribution in [2.75, 3.05) is 0 Å². The Morgan fingerprint density at radius 1 is 0.737 bits per heavy atom. The third-order valence-corrected chi connectivity index (χ3v) is 6.14. The molecule has 0 bridgehead atoms. The van der Waals surface area contributed by atoms with Crippen LogP contribution in [0.15, 0.2) is 61.2 Å². The van der Waals surface area contributed by atoms with Crippen molar-refractivity contribution in [3.8, 4) is 22.3 Å². The normalized spacial score (nSPS) is 11.1. The van der Waals surface area contributed by atoms with E-state index in [4.69, 9.17) is 23.2 Å². The number of alkyl halides is 1. The molecule has 0 aliphatic carbocycles. The quantitative estimate of drug-likeness (QED) is 0.295. The summed E-state index contributed by atoms with van der Waals surface area (Å²) < 4.78 is 16.2. The molecule has 0 radical (unpaired) electrons. The second-order valence-electron chi connectivity index (χ2n) is 8.41. The van der Waals surface area contributed by atoms with Crippen molar-refractivity contribution in [2.45, 2.75) is 13.3 Å². The van der Waals surface area contributed by atoms with Gasteiger partial charge in [-0.05, 0) is 36.4 Å². The molecule has 0 aromatic carbocycles. The first-order valence-corrected chi connectivity index (χ1v) is 12.2. The average Bonchev–Trinajstić information content (AvgIpc) is 3.49. The van der Waals surface area contributed by atoms with Gasteiger partial charge in [-0.2, -0.15) is 10.2 Å². The van der Waals surface area contributed by atoms with E-state index in [2.05, 4.69) is 30.1 Å². The Hall–Kier alpha value is -3.99. The molecule has 0 spiro atoms. The smallest absolute Gasteiger partial charge is 0.134 e. The monoisotopic (exact) mass is 550 g/mol. The van der Waals surface area contributed by atoms with E-state index in [0.29, 0.717) is 27.2 Å². The van der Waals surface area contributed by atoms with E-state index in [0.717, 1.165) is 38.8 Å². The molecule has 0 aliphatic heterocycles. The van der Waals surface area contributed by atoms with E-state index in [-0.39, 0.29) is 6.61 Å². The second-order valence-corrected chi connectivity index (χ2v) is 9.18. The molecule has 6 aromatic heterocycles. The molecule has 0 unspecified atom stereocenters. The van der Waals surface area contributed by atoms with E-state index in [1.54, 1.807) is 53.2 Å². The third kappa shape index (κ3) is 5.33. The van der Waals surface area contributed by atoms with E-state index in [9.17, 15) is 9.50 Å². The van der Waals surface area contributed by atoms with Gasteiger partial charge in [0.25, 0.3) is 0 Å². The molecule has 0 amide bonds. The van der Waals surface area contributed by atoms with Crippen molar-refractivity contribution in [3.05, 3.63) is 82.9 Å². The van der Waals surface area contributed by atoms with Gasteiger partial charge >= 0.3 is 0 Å². The average molecular weight is 551 g/mol. The predicted octanol–water partition coefficient (Wildman–Crippen LogP) is 5.33. The molecule has 0 aliphatic rings. The van der Waals surface area contributed by atoms with Crippen LogP contribution in [0.25, 0.3) is 44.3 Å². The number of pyridine rings is 4. The van der Waals surface area contributed by atoms with Crippen LogP contribution in [0.3, 0.4) is 0 Å². The van der Waals surface area contributed by atoms with Crippen molar-refractivity contribution in [1.82, 2.24) is 39.5 Å². The maximum atomic E-state index is 12.9. The summed E-state index contributed by atoms with van der Waals surface area (Å²) in [6.07, 6.45) is 7.05. The van der Waals surface area contributed by atoms with Gasteiger partial charge in [-0.1, -0.05) is 23.2 Å². The van der Waals surface area contributed by atoms with Crippen LogP contribution in [0.5, 0.6) is 0 Å². The van der Waals surface area contributed by atoms with Gasteiger partial charge in [0.2, 0.25) is 0 Å². The van der Waals surface area contributed by atoms with Crippen molar-refractivity contribution >= 4 is 45.3 Å². The molecule has 12 heteroatoms. The minimum atomic E-state index is -0.614. The van der Waals surface area contributed by atoms with Gasteiger partial charge < -0.3 is 5.11 Å². The zero-order valence-electron chi connectivity index (χ0n) is 20.3. The maximum absolute atomic E-state index is 12.9.